The Hall–Kier alpha value is -1.60. The summed E-state index contributed by atoms with van der Waals surface area (Å²) in [6, 6.07) is 8.44. The minimum atomic E-state index is -3.63. The smallest absolute Gasteiger partial charge is 0.186 e. The third kappa shape index (κ3) is 3.54. The fourth-order valence-corrected chi connectivity index (χ4v) is 3.79. The molecule has 0 spiro atoms. The van der Waals surface area contributed by atoms with E-state index >= 15 is 0 Å². The number of methoxy groups -OCH3 is 1. The molecule has 0 fully saturated rings. The van der Waals surface area contributed by atoms with Crippen LogP contribution >= 0.6 is 15.9 Å². The zero-order valence-electron chi connectivity index (χ0n) is 11.1. The highest BCUT2D eigenvalue weighted by atomic mass is 79.9. The Morgan fingerprint density at radius 1 is 1.24 bits per heavy atom. The second kappa shape index (κ2) is 6.03. The van der Waals surface area contributed by atoms with Crippen LogP contribution in [-0.2, 0) is 15.6 Å². The second-order valence-electron chi connectivity index (χ2n) is 4.42. The molecule has 0 saturated carbocycles. The monoisotopic (exact) mass is 373 g/mol. The van der Waals surface area contributed by atoms with Crippen LogP contribution in [-0.4, -0.2) is 15.5 Å². The van der Waals surface area contributed by atoms with Crippen molar-refractivity contribution in [1.82, 2.24) is 0 Å². The van der Waals surface area contributed by atoms with Crippen LogP contribution in [0.5, 0.6) is 5.75 Å². The van der Waals surface area contributed by atoms with Crippen molar-refractivity contribution in [3.05, 3.63) is 52.3 Å². The molecule has 0 aliphatic heterocycles. The second-order valence-corrected chi connectivity index (χ2v) is 7.23. The summed E-state index contributed by atoms with van der Waals surface area (Å²) in [6.07, 6.45) is 0. The van der Waals surface area contributed by atoms with Crippen LogP contribution in [0.15, 0.2) is 45.8 Å². The van der Waals surface area contributed by atoms with Gasteiger partial charge in [0.2, 0.25) is 0 Å². The van der Waals surface area contributed by atoms with Crippen molar-refractivity contribution in [3.63, 3.8) is 0 Å². The number of hydrogen-bond donors (Lipinski definition) is 1. The van der Waals surface area contributed by atoms with Gasteiger partial charge in [0, 0.05) is 11.8 Å². The Balaban J connectivity index is 2.40. The van der Waals surface area contributed by atoms with Gasteiger partial charge in [0.05, 0.1) is 17.3 Å². The average molecular weight is 374 g/mol. The van der Waals surface area contributed by atoms with Crippen LogP contribution in [0.2, 0.25) is 0 Å². The van der Waals surface area contributed by atoms with Crippen molar-refractivity contribution >= 4 is 31.5 Å². The fourth-order valence-electron chi connectivity index (χ4n) is 1.87. The molecule has 0 saturated heterocycles. The lowest BCUT2D eigenvalue weighted by Crippen LogP contribution is -2.07. The number of benzene rings is 2. The molecule has 0 aromatic heterocycles. The molecule has 0 radical (unpaired) electrons. The number of nitrogens with two attached hydrogens (primary N) is 1. The molecule has 0 atom stereocenters. The molecular weight excluding hydrogens is 361 g/mol. The van der Waals surface area contributed by atoms with Gasteiger partial charge in [-0.25, -0.2) is 12.8 Å². The van der Waals surface area contributed by atoms with E-state index in [1.54, 1.807) is 0 Å². The highest BCUT2D eigenvalue weighted by Gasteiger charge is 2.20. The van der Waals surface area contributed by atoms with Gasteiger partial charge in [-0.2, -0.15) is 0 Å². The first-order valence-electron chi connectivity index (χ1n) is 5.93. The van der Waals surface area contributed by atoms with Gasteiger partial charge in [-0.1, -0.05) is 6.07 Å². The summed E-state index contributed by atoms with van der Waals surface area (Å²) >= 11 is 3.04. The first-order valence-corrected chi connectivity index (χ1v) is 8.38. The molecule has 0 heterocycles. The summed E-state index contributed by atoms with van der Waals surface area (Å²) in [4.78, 5) is 0.0552. The number of rotatable bonds is 4. The molecule has 2 aromatic rings. The van der Waals surface area contributed by atoms with Crippen molar-refractivity contribution in [2.24, 2.45) is 0 Å². The van der Waals surface area contributed by atoms with E-state index < -0.39 is 15.7 Å². The molecule has 2 N–H and O–H groups in total. The van der Waals surface area contributed by atoms with E-state index in [4.69, 9.17) is 10.5 Å². The molecule has 7 heteroatoms. The van der Waals surface area contributed by atoms with Crippen molar-refractivity contribution in [2.45, 2.75) is 10.6 Å². The average Bonchev–Trinajstić information content (AvgIpc) is 2.42. The van der Waals surface area contributed by atoms with Crippen LogP contribution in [0.25, 0.3) is 0 Å². The largest absolute Gasteiger partial charge is 0.495 e. The minimum absolute atomic E-state index is 0.0552. The third-order valence-electron chi connectivity index (χ3n) is 2.86. The Kier molecular flexibility index (Phi) is 4.53. The topological polar surface area (TPSA) is 69.4 Å². The van der Waals surface area contributed by atoms with E-state index in [0.717, 1.165) is 0 Å². The Morgan fingerprint density at radius 2 is 1.95 bits per heavy atom. The zero-order chi connectivity index (χ0) is 15.6. The molecule has 0 bridgehead atoms. The van der Waals surface area contributed by atoms with E-state index in [-0.39, 0.29) is 20.9 Å². The van der Waals surface area contributed by atoms with Crippen molar-refractivity contribution < 1.29 is 17.5 Å². The van der Waals surface area contributed by atoms with E-state index in [0.29, 0.717) is 11.3 Å². The quantitative estimate of drug-likeness (QED) is 0.835. The van der Waals surface area contributed by atoms with Gasteiger partial charge in [0.15, 0.2) is 9.84 Å². The molecule has 112 valence electrons. The third-order valence-corrected chi connectivity index (χ3v) is 5.19. The molecule has 21 heavy (non-hydrogen) atoms. The van der Waals surface area contributed by atoms with Gasteiger partial charge in [-0.05, 0) is 45.8 Å². The van der Waals surface area contributed by atoms with E-state index in [1.165, 1.54) is 43.5 Å². The molecule has 4 nitrogen and oxygen atoms in total. The molecule has 0 aliphatic carbocycles. The predicted octanol–water partition coefficient (Wildman–Crippen LogP) is 3.15. The van der Waals surface area contributed by atoms with Gasteiger partial charge in [0.25, 0.3) is 0 Å². The maximum absolute atomic E-state index is 13.2. The minimum Gasteiger partial charge on any atom is -0.495 e. The fraction of sp³-hybridized carbons (Fsp3) is 0.143. The molecular formula is C14H13BrFNO3S. The normalized spacial score (nSPS) is 11.4. The number of halogens is 2. The highest BCUT2D eigenvalue weighted by Crippen LogP contribution is 2.29. The van der Waals surface area contributed by atoms with Crippen LogP contribution in [0, 0.1) is 5.82 Å². The summed E-state index contributed by atoms with van der Waals surface area (Å²) < 4.78 is 43.4. The number of ether oxygens (including phenoxy) is 1. The Labute approximate surface area is 130 Å². The lowest BCUT2D eigenvalue weighted by molar-refractivity contribution is 0.403. The summed E-state index contributed by atoms with van der Waals surface area (Å²) in [5, 5.41) is 0. The van der Waals surface area contributed by atoms with Gasteiger partial charge in [-0.3, -0.25) is 0 Å². The number of nitrogen functional groups attached to an aromatic ring is 1. The van der Waals surface area contributed by atoms with Crippen LogP contribution < -0.4 is 10.5 Å². The summed E-state index contributed by atoms with van der Waals surface area (Å²) in [5.41, 5.74) is 6.50. The first-order chi connectivity index (χ1) is 9.83. The van der Waals surface area contributed by atoms with Crippen LogP contribution in [0.1, 0.15) is 5.56 Å². The van der Waals surface area contributed by atoms with Gasteiger partial charge < -0.3 is 10.5 Å². The number of hydrogen-bond acceptors (Lipinski definition) is 4. The van der Waals surface area contributed by atoms with E-state index in [2.05, 4.69) is 15.9 Å². The maximum Gasteiger partial charge on any atom is 0.186 e. The van der Waals surface area contributed by atoms with E-state index in [1.807, 2.05) is 0 Å². The summed E-state index contributed by atoms with van der Waals surface area (Å²) in [5.74, 6) is -0.510. The van der Waals surface area contributed by atoms with Gasteiger partial charge >= 0.3 is 0 Å². The highest BCUT2D eigenvalue weighted by molar-refractivity contribution is 9.10. The van der Waals surface area contributed by atoms with Gasteiger partial charge in [-0.15, -0.1) is 0 Å². The number of anilines is 1. The Bertz CT molecular complexity index is 778. The number of sulfone groups is 1. The van der Waals surface area contributed by atoms with Crippen LogP contribution in [0.3, 0.4) is 0 Å². The summed E-state index contributed by atoms with van der Waals surface area (Å²) in [6.45, 7) is 0. The SMILES string of the molecule is COc1cc(N)ccc1S(=O)(=O)Cc1ccc(F)c(Br)c1. The van der Waals surface area contributed by atoms with Gasteiger partial charge in [0.1, 0.15) is 16.5 Å². The lowest BCUT2D eigenvalue weighted by Gasteiger charge is -2.10. The maximum atomic E-state index is 13.2. The first kappa shape index (κ1) is 15.8. The van der Waals surface area contributed by atoms with Crippen molar-refractivity contribution in [1.29, 1.82) is 0 Å². The molecule has 0 unspecified atom stereocenters. The Morgan fingerprint density at radius 3 is 2.57 bits per heavy atom. The molecule has 2 rings (SSSR count). The standard InChI is InChI=1S/C14H13BrFNO3S/c1-20-13-7-10(17)3-5-14(13)21(18,19)8-9-2-4-12(16)11(15)6-9/h2-7H,8,17H2,1H3. The molecule has 0 aliphatic rings. The van der Waals surface area contributed by atoms with E-state index in [9.17, 15) is 12.8 Å². The van der Waals surface area contributed by atoms with Crippen LogP contribution in [0.4, 0.5) is 10.1 Å². The van der Waals surface area contributed by atoms with Crippen molar-refractivity contribution in [2.75, 3.05) is 12.8 Å². The molecule has 0 amide bonds. The zero-order valence-corrected chi connectivity index (χ0v) is 13.5. The summed E-state index contributed by atoms with van der Waals surface area (Å²) in [7, 11) is -2.25. The predicted molar refractivity (Wildman–Crippen MR) is 82.4 cm³/mol. The van der Waals surface area contributed by atoms with Crippen molar-refractivity contribution in [3.8, 4) is 5.75 Å². The molecule has 2 aromatic carbocycles. The lowest BCUT2D eigenvalue weighted by atomic mass is 10.2.